The Morgan fingerprint density at radius 3 is 2.41 bits per heavy atom. The van der Waals surface area contributed by atoms with E-state index in [2.05, 4.69) is 0 Å². The molecule has 0 amide bonds. The maximum Gasteiger partial charge on any atom is 0.309 e. The number of nitrogens with zero attached hydrogens (tertiary/aromatic N) is 2. The number of rotatable bonds is 6. The normalized spacial score (nSPS) is 14.5. The third kappa shape index (κ3) is 4.74. The second-order valence-electron chi connectivity index (χ2n) is 6.81. The quantitative estimate of drug-likeness (QED) is 0.302. The Morgan fingerprint density at radius 2 is 1.83 bits per heavy atom. The monoisotopic (exact) mass is 416 g/mol. The van der Waals surface area contributed by atoms with E-state index in [1.165, 1.54) is 12.1 Å². The van der Waals surface area contributed by atoms with Gasteiger partial charge in [-0.2, -0.15) is 0 Å². The van der Waals surface area contributed by atoms with Crippen LogP contribution in [-0.4, -0.2) is 36.4 Å². The zero-order valence-corrected chi connectivity index (χ0v) is 16.7. The van der Waals surface area contributed by atoms with E-state index >= 15 is 0 Å². The predicted molar refractivity (Wildman–Crippen MR) is 110 cm³/mol. The van der Waals surface area contributed by atoms with Crippen molar-refractivity contribution >= 4 is 34.7 Å². The maximum absolute atomic E-state index is 13.1. The van der Waals surface area contributed by atoms with Crippen LogP contribution in [0.15, 0.2) is 42.5 Å². The lowest BCUT2D eigenvalue weighted by Gasteiger charge is -2.33. The first-order valence-corrected chi connectivity index (χ1v) is 9.78. The topological polar surface area (TPSA) is 89.8 Å². The minimum Gasteiger partial charge on any atom is -0.466 e. The number of hydrogen-bond acceptors (Lipinski definition) is 6. The number of nitro benzene ring substituents is 1. The fourth-order valence-corrected chi connectivity index (χ4v) is 3.59. The van der Waals surface area contributed by atoms with Gasteiger partial charge in [-0.05, 0) is 50.1 Å². The summed E-state index contributed by atoms with van der Waals surface area (Å²) in [4.78, 5) is 37.8. The van der Waals surface area contributed by atoms with E-state index in [0.29, 0.717) is 48.8 Å². The standard InChI is InChI=1S/C21H21ClN2O5/c1-2-29-21(26)15-9-11-23(12-10-15)19-8-7-17(24(27)28)13-18(19)20(25)14-3-5-16(22)6-4-14/h3-8,13,15H,2,9-12H2,1H3. The van der Waals surface area contributed by atoms with Gasteiger partial charge in [0.25, 0.3) is 5.69 Å². The number of hydrogen-bond donors (Lipinski definition) is 0. The van der Waals surface area contributed by atoms with Crippen molar-refractivity contribution in [1.82, 2.24) is 0 Å². The molecule has 0 atom stereocenters. The average molecular weight is 417 g/mol. The molecule has 1 aliphatic heterocycles. The number of ketones is 1. The smallest absolute Gasteiger partial charge is 0.309 e. The first-order valence-electron chi connectivity index (χ1n) is 9.41. The van der Waals surface area contributed by atoms with Gasteiger partial charge in [-0.15, -0.1) is 0 Å². The fraction of sp³-hybridized carbons (Fsp3) is 0.333. The lowest BCUT2D eigenvalue weighted by atomic mass is 9.94. The highest BCUT2D eigenvalue weighted by atomic mass is 35.5. The van der Waals surface area contributed by atoms with Crippen molar-refractivity contribution in [2.75, 3.05) is 24.6 Å². The van der Waals surface area contributed by atoms with E-state index in [1.807, 2.05) is 4.90 Å². The summed E-state index contributed by atoms with van der Waals surface area (Å²) in [5, 5.41) is 11.7. The third-order valence-electron chi connectivity index (χ3n) is 5.00. The molecular formula is C21H21ClN2O5. The van der Waals surface area contributed by atoms with E-state index in [-0.39, 0.29) is 28.9 Å². The summed E-state index contributed by atoms with van der Waals surface area (Å²) in [6.07, 6.45) is 1.20. The number of piperidine rings is 1. The number of benzene rings is 2. The van der Waals surface area contributed by atoms with Crippen molar-refractivity contribution in [2.45, 2.75) is 19.8 Å². The molecular weight excluding hydrogens is 396 g/mol. The van der Waals surface area contributed by atoms with Crippen molar-refractivity contribution < 1.29 is 19.2 Å². The van der Waals surface area contributed by atoms with E-state index in [4.69, 9.17) is 16.3 Å². The zero-order chi connectivity index (χ0) is 21.0. The Morgan fingerprint density at radius 1 is 1.17 bits per heavy atom. The van der Waals surface area contributed by atoms with Crippen LogP contribution in [0.3, 0.4) is 0 Å². The van der Waals surface area contributed by atoms with E-state index in [9.17, 15) is 19.7 Å². The molecule has 29 heavy (non-hydrogen) atoms. The number of ether oxygens (including phenoxy) is 1. The fourth-order valence-electron chi connectivity index (χ4n) is 3.47. The molecule has 2 aromatic carbocycles. The van der Waals surface area contributed by atoms with Gasteiger partial charge in [0.05, 0.1) is 23.0 Å². The molecule has 8 heteroatoms. The number of carbonyl (C=O) groups excluding carboxylic acids is 2. The molecule has 152 valence electrons. The van der Waals surface area contributed by atoms with Gasteiger partial charge >= 0.3 is 5.97 Å². The molecule has 1 heterocycles. The molecule has 3 rings (SSSR count). The van der Waals surface area contributed by atoms with E-state index in [1.54, 1.807) is 37.3 Å². The molecule has 0 radical (unpaired) electrons. The van der Waals surface area contributed by atoms with Gasteiger partial charge < -0.3 is 9.64 Å². The van der Waals surface area contributed by atoms with Crippen molar-refractivity contribution in [1.29, 1.82) is 0 Å². The zero-order valence-electron chi connectivity index (χ0n) is 16.0. The van der Waals surface area contributed by atoms with Crippen LogP contribution in [0.25, 0.3) is 0 Å². The molecule has 0 N–H and O–H groups in total. The Bertz CT molecular complexity index is 921. The number of halogens is 1. The van der Waals surface area contributed by atoms with Crippen LogP contribution in [0.4, 0.5) is 11.4 Å². The van der Waals surface area contributed by atoms with Gasteiger partial charge in [0, 0.05) is 41.5 Å². The first-order chi connectivity index (χ1) is 13.9. The van der Waals surface area contributed by atoms with Crippen LogP contribution in [0.1, 0.15) is 35.7 Å². The Balaban J connectivity index is 1.89. The molecule has 1 fully saturated rings. The van der Waals surface area contributed by atoms with Gasteiger partial charge in [0.2, 0.25) is 0 Å². The van der Waals surface area contributed by atoms with Crippen LogP contribution in [-0.2, 0) is 9.53 Å². The Kier molecular flexibility index (Phi) is 6.49. The molecule has 0 unspecified atom stereocenters. The molecule has 0 saturated carbocycles. The molecule has 0 aromatic heterocycles. The van der Waals surface area contributed by atoms with Gasteiger partial charge in [-0.1, -0.05) is 11.6 Å². The first kappa shape index (κ1) is 20.8. The van der Waals surface area contributed by atoms with Crippen LogP contribution >= 0.6 is 11.6 Å². The second-order valence-corrected chi connectivity index (χ2v) is 7.24. The minimum absolute atomic E-state index is 0.146. The summed E-state index contributed by atoms with van der Waals surface area (Å²) in [7, 11) is 0. The number of esters is 1. The van der Waals surface area contributed by atoms with Crippen molar-refractivity contribution in [3.8, 4) is 0 Å². The molecule has 7 nitrogen and oxygen atoms in total. The number of nitro groups is 1. The number of non-ortho nitro benzene ring substituents is 1. The van der Waals surface area contributed by atoms with Crippen LogP contribution in [0.2, 0.25) is 5.02 Å². The van der Waals surface area contributed by atoms with Crippen LogP contribution in [0, 0.1) is 16.0 Å². The lowest BCUT2D eigenvalue weighted by molar-refractivity contribution is -0.384. The van der Waals surface area contributed by atoms with Gasteiger partial charge in [0.15, 0.2) is 5.78 Å². The lowest BCUT2D eigenvalue weighted by Crippen LogP contribution is -2.37. The molecule has 1 saturated heterocycles. The summed E-state index contributed by atoms with van der Waals surface area (Å²) < 4.78 is 5.10. The van der Waals surface area contributed by atoms with Crippen molar-refractivity contribution in [3.63, 3.8) is 0 Å². The third-order valence-corrected chi connectivity index (χ3v) is 5.25. The number of carbonyl (C=O) groups is 2. The summed E-state index contributed by atoms with van der Waals surface area (Å²) in [6, 6.07) is 10.7. The van der Waals surface area contributed by atoms with Gasteiger partial charge in [-0.25, -0.2) is 0 Å². The highest BCUT2D eigenvalue weighted by Crippen LogP contribution is 2.31. The number of anilines is 1. The second kappa shape index (κ2) is 9.05. The molecule has 2 aromatic rings. The Labute approximate surface area is 173 Å². The average Bonchev–Trinajstić information content (AvgIpc) is 2.73. The molecule has 0 spiro atoms. The summed E-state index contributed by atoms with van der Waals surface area (Å²) in [5.74, 6) is -0.680. The van der Waals surface area contributed by atoms with Gasteiger partial charge in [-0.3, -0.25) is 19.7 Å². The highest BCUT2D eigenvalue weighted by molar-refractivity contribution is 6.30. The molecule has 1 aliphatic rings. The van der Waals surface area contributed by atoms with Crippen molar-refractivity contribution in [3.05, 3.63) is 68.7 Å². The molecule has 0 aliphatic carbocycles. The summed E-state index contributed by atoms with van der Waals surface area (Å²) in [5.41, 5.74) is 1.14. The minimum atomic E-state index is -0.518. The summed E-state index contributed by atoms with van der Waals surface area (Å²) in [6.45, 7) is 3.24. The summed E-state index contributed by atoms with van der Waals surface area (Å²) >= 11 is 5.90. The van der Waals surface area contributed by atoms with Crippen LogP contribution < -0.4 is 4.90 Å². The predicted octanol–water partition coefficient (Wildman–Crippen LogP) is 4.26. The van der Waals surface area contributed by atoms with Crippen molar-refractivity contribution in [2.24, 2.45) is 5.92 Å². The van der Waals surface area contributed by atoms with Crippen LogP contribution in [0.5, 0.6) is 0 Å². The molecule has 0 bridgehead atoms. The largest absolute Gasteiger partial charge is 0.466 e. The maximum atomic E-state index is 13.1. The highest BCUT2D eigenvalue weighted by Gasteiger charge is 2.29. The Hall–Kier alpha value is -2.93. The SMILES string of the molecule is CCOC(=O)C1CCN(c2ccc([N+](=O)[O-])cc2C(=O)c2ccc(Cl)cc2)CC1. The van der Waals surface area contributed by atoms with E-state index < -0.39 is 4.92 Å². The van der Waals surface area contributed by atoms with E-state index in [0.717, 1.165) is 0 Å². The van der Waals surface area contributed by atoms with Gasteiger partial charge in [0.1, 0.15) is 0 Å².